The first kappa shape index (κ1) is 23.5. The second-order valence-electron chi connectivity index (χ2n) is 10.2. The Bertz CT molecular complexity index is 1510. The van der Waals surface area contributed by atoms with Crippen LogP contribution in [0.3, 0.4) is 0 Å². The third-order valence-electron chi connectivity index (χ3n) is 7.72. The number of likely N-dealkylation sites (N-methyl/N-ethyl adjacent to an activating group) is 1. The zero-order valence-electron chi connectivity index (χ0n) is 21.5. The van der Waals surface area contributed by atoms with Crippen LogP contribution in [0.2, 0.25) is 0 Å². The molecule has 0 spiro atoms. The minimum absolute atomic E-state index is 0.119. The maximum Gasteiger partial charge on any atom is 0.278 e. The summed E-state index contributed by atoms with van der Waals surface area (Å²) in [5.41, 5.74) is 6.27. The van der Waals surface area contributed by atoms with Crippen LogP contribution in [0, 0.1) is 0 Å². The van der Waals surface area contributed by atoms with Gasteiger partial charge < -0.3 is 15.1 Å². The molecule has 4 aromatic rings. The molecule has 1 fully saturated rings. The van der Waals surface area contributed by atoms with E-state index in [0.717, 1.165) is 50.4 Å². The normalized spacial score (nSPS) is 17.8. The molecule has 2 aromatic heterocycles. The van der Waals surface area contributed by atoms with E-state index in [-0.39, 0.29) is 5.56 Å². The number of aryl methyl sites for hydroxylation is 1. The molecule has 190 valence electrons. The highest BCUT2D eigenvalue weighted by Crippen LogP contribution is 2.34. The fraction of sp³-hybridized carbons (Fsp3) is 0.345. The molecule has 8 nitrogen and oxygen atoms in total. The number of aromatic nitrogens is 4. The Balaban J connectivity index is 1.34. The van der Waals surface area contributed by atoms with Crippen molar-refractivity contribution in [2.45, 2.75) is 32.2 Å². The van der Waals surface area contributed by atoms with E-state index in [1.807, 2.05) is 4.68 Å². The van der Waals surface area contributed by atoms with Crippen LogP contribution in [-0.2, 0) is 13.0 Å². The van der Waals surface area contributed by atoms with Gasteiger partial charge in [0.15, 0.2) is 5.65 Å². The molecule has 1 aliphatic carbocycles. The summed E-state index contributed by atoms with van der Waals surface area (Å²) in [5.74, 6) is 0.968. The molecule has 1 atom stereocenters. The second kappa shape index (κ2) is 9.52. The van der Waals surface area contributed by atoms with Gasteiger partial charge in [-0.05, 0) is 73.3 Å². The van der Waals surface area contributed by atoms with E-state index in [1.54, 1.807) is 17.0 Å². The second-order valence-corrected chi connectivity index (χ2v) is 10.2. The largest absolute Gasteiger partial charge is 0.369 e. The Labute approximate surface area is 216 Å². The summed E-state index contributed by atoms with van der Waals surface area (Å²) in [5, 5.41) is 3.82. The Kier molecular flexibility index (Phi) is 6.04. The first-order valence-corrected chi connectivity index (χ1v) is 13.0. The SMILES string of the molecule is C=CCn1c(=O)c2cnc(Nc3ccc(N4CCN(C)CC4)cc3)nc2n1-c1ccc2c(c1)C(C)CC2. The van der Waals surface area contributed by atoms with Crippen molar-refractivity contribution < 1.29 is 0 Å². The maximum atomic E-state index is 13.3. The van der Waals surface area contributed by atoms with Crippen molar-refractivity contribution in [2.75, 3.05) is 43.4 Å². The van der Waals surface area contributed by atoms with Crippen LogP contribution in [0.1, 0.15) is 30.4 Å². The summed E-state index contributed by atoms with van der Waals surface area (Å²) >= 11 is 0. The third-order valence-corrected chi connectivity index (χ3v) is 7.72. The predicted octanol–water partition coefficient (Wildman–Crippen LogP) is 4.31. The van der Waals surface area contributed by atoms with E-state index in [0.29, 0.717) is 29.4 Å². The zero-order valence-corrected chi connectivity index (χ0v) is 21.5. The fourth-order valence-electron chi connectivity index (χ4n) is 5.52. The van der Waals surface area contributed by atoms with Crippen molar-refractivity contribution in [2.24, 2.45) is 0 Å². The monoisotopic (exact) mass is 495 g/mol. The summed E-state index contributed by atoms with van der Waals surface area (Å²) < 4.78 is 3.59. The van der Waals surface area contributed by atoms with Crippen molar-refractivity contribution in [3.05, 3.63) is 82.8 Å². The first-order valence-electron chi connectivity index (χ1n) is 13.0. The van der Waals surface area contributed by atoms with E-state index >= 15 is 0 Å². The molecule has 0 radical (unpaired) electrons. The number of fused-ring (bicyclic) bond motifs is 2. The van der Waals surface area contributed by atoms with Gasteiger partial charge >= 0.3 is 0 Å². The summed E-state index contributed by atoms with van der Waals surface area (Å²) in [6.07, 6.45) is 5.62. The van der Waals surface area contributed by atoms with Gasteiger partial charge in [0.05, 0.1) is 12.2 Å². The van der Waals surface area contributed by atoms with Crippen LogP contribution in [0.15, 0.2) is 66.1 Å². The minimum atomic E-state index is -0.119. The van der Waals surface area contributed by atoms with E-state index in [2.05, 4.69) is 83.1 Å². The summed E-state index contributed by atoms with van der Waals surface area (Å²) in [4.78, 5) is 27.3. The van der Waals surface area contributed by atoms with Crippen LogP contribution in [0.4, 0.5) is 17.3 Å². The van der Waals surface area contributed by atoms with E-state index < -0.39 is 0 Å². The lowest BCUT2D eigenvalue weighted by Gasteiger charge is -2.34. The van der Waals surface area contributed by atoms with Gasteiger partial charge in [-0.15, -0.1) is 6.58 Å². The van der Waals surface area contributed by atoms with Crippen molar-refractivity contribution in [1.82, 2.24) is 24.2 Å². The number of piperazine rings is 1. The highest BCUT2D eigenvalue weighted by molar-refractivity contribution is 5.77. The molecule has 0 saturated carbocycles. The number of hydrogen-bond acceptors (Lipinski definition) is 6. The molecule has 3 heterocycles. The highest BCUT2D eigenvalue weighted by atomic mass is 16.1. The average molecular weight is 496 g/mol. The lowest BCUT2D eigenvalue weighted by atomic mass is 10.0. The molecule has 37 heavy (non-hydrogen) atoms. The predicted molar refractivity (Wildman–Crippen MR) is 149 cm³/mol. The van der Waals surface area contributed by atoms with Crippen LogP contribution in [0.5, 0.6) is 0 Å². The minimum Gasteiger partial charge on any atom is -0.369 e. The first-order chi connectivity index (χ1) is 18.0. The van der Waals surface area contributed by atoms with Crippen LogP contribution >= 0.6 is 0 Å². The number of benzene rings is 2. The Morgan fingerprint density at radius 1 is 1.08 bits per heavy atom. The quantitative estimate of drug-likeness (QED) is 0.402. The van der Waals surface area contributed by atoms with Crippen LogP contribution < -0.4 is 15.8 Å². The van der Waals surface area contributed by atoms with Crippen molar-refractivity contribution in [3.8, 4) is 5.69 Å². The molecule has 0 bridgehead atoms. The molecular weight excluding hydrogens is 462 g/mol. The van der Waals surface area contributed by atoms with Gasteiger partial charge in [-0.2, -0.15) is 4.98 Å². The summed E-state index contributed by atoms with van der Waals surface area (Å²) in [6.45, 7) is 10.7. The molecule has 1 N–H and O–H groups in total. The molecule has 0 amide bonds. The van der Waals surface area contributed by atoms with Crippen LogP contribution in [0.25, 0.3) is 16.7 Å². The topological polar surface area (TPSA) is 71.2 Å². The fourth-order valence-corrected chi connectivity index (χ4v) is 5.52. The lowest BCUT2D eigenvalue weighted by molar-refractivity contribution is 0.313. The molecule has 6 rings (SSSR count). The van der Waals surface area contributed by atoms with Crippen molar-refractivity contribution >= 4 is 28.4 Å². The Morgan fingerprint density at radius 2 is 1.84 bits per heavy atom. The number of hydrogen-bond donors (Lipinski definition) is 1. The van der Waals surface area contributed by atoms with Gasteiger partial charge in [0, 0.05) is 43.8 Å². The number of anilines is 3. The van der Waals surface area contributed by atoms with Crippen LogP contribution in [-0.4, -0.2) is 57.5 Å². The number of nitrogens with zero attached hydrogens (tertiary/aromatic N) is 6. The molecule has 2 aromatic carbocycles. The van der Waals surface area contributed by atoms with E-state index in [4.69, 9.17) is 4.98 Å². The molecule has 2 aliphatic rings. The zero-order chi connectivity index (χ0) is 25.5. The highest BCUT2D eigenvalue weighted by Gasteiger charge is 2.22. The lowest BCUT2D eigenvalue weighted by Crippen LogP contribution is -2.44. The van der Waals surface area contributed by atoms with Gasteiger partial charge in [0.1, 0.15) is 5.39 Å². The van der Waals surface area contributed by atoms with Crippen molar-refractivity contribution in [3.63, 3.8) is 0 Å². The van der Waals surface area contributed by atoms with Gasteiger partial charge in [0.2, 0.25) is 5.95 Å². The number of allylic oxidation sites excluding steroid dienone is 1. The van der Waals surface area contributed by atoms with E-state index in [1.165, 1.54) is 16.8 Å². The van der Waals surface area contributed by atoms with Gasteiger partial charge in [-0.25, -0.2) is 14.3 Å². The summed E-state index contributed by atoms with van der Waals surface area (Å²) in [7, 11) is 2.16. The van der Waals surface area contributed by atoms with Crippen molar-refractivity contribution in [1.29, 1.82) is 0 Å². The van der Waals surface area contributed by atoms with Gasteiger partial charge in [-0.1, -0.05) is 19.1 Å². The Morgan fingerprint density at radius 3 is 2.59 bits per heavy atom. The molecule has 1 saturated heterocycles. The molecular formula is C29H33N7O. The third kappa shape index (κ3) is 4.31. The molecule has 1 unspecified atom stereocenters. The standard InChI is InChI=1S/C29H33N7O/c1-4-13-35-28(37)26-19-30-29(31-22-8-11-23(12-9-22)34-16-14-33(3)15-17-34)32-27(26)36(35)24-10-7-21-6-5-20(2)25(21)18-24/h4,7-12,18-20H,1,5-6,13-17H2,2-3H3,(H,30,31,32). The Hall–Kier alpha value is -3.91. The molecule has 8 heteroatoms. The maximum absolute atomic E-state index is 13.3. The molecule has 1 aliphatic heterocycles. The summed E-state index contributed by atoms with van der Waals surface area (Å²) in [6, 6.07) is 14.9. The smallest absolute Gasteiger partial charge is 0.278 e. The number of nitrogens with one attached hydrogen (secondary N) is 1. The number of rotatable bonds is 6. The van der Waals surface area contributed by atoms with Gasteiger partial charge in [-0.3, -0.25) is 4.79 Å². The van der Waals surface area contributed by atoms with Gasteiger partial charge in [0.25, 0.3) is 5.56 Å². The average Bonchev–Trinajstić information content (AvgIpc) is 3.41. The van der Waals surface area contributed by atoms with E-state index in [9.17, 15) is 4.79 Å².